The van der Waals surface area contributed by atoms with E-state index in [0.717, 1.165) is 0 Å². The van der Waals surface area contributed by atoms with Crippen molar-refractivity contribution in [2.75, 3.05) is 0 Å². The first-order chi connectivity index (χ1) is 2.81. The van der Waals surface area contributed by atoms with E-state index in [1.807, 2.05) is 0 Å². The lowest BCUT2D eigenvalue weighted by molar-refractivity contribution is -0.472. The number of nitrogens with two attached hydrogens (primary N) is 3. The number of nitrogens with one attached hydrogen (secondary N) is 2. The lowest BCUT2D eigenvalue weighted by Gasteiger charge is -1.81. The predicted molar refractivity (Wildman–Crippen MR) is 21.7 cm³/mol. The fourth-order valence-electron chi connectivity index (χ4n) is 0.0417. The molecule has 0 fully saturated rings. The molecule has 36 valence electrons. The molecule has 0 heterocycles. The van der Waals surface area contributed by atoms with Gasteiger partial charge in [0, 0.05) is 0 Å². The highest BCUT2D eigenvalue weighted by atomic mass is 15.3. The highest BCUT2D eigenvalue weighted by Gasteiger charge is 1.83. The van der Waals surface area contributed by atoms with E-state index in [1.54, 1.807) is 0 Å². The van der Waals surface area contributed by atoms with Gasteiger partial charge in [-0.2, -0.15) is 10.9 Å². The normalized spacial score (nSPS) is 11.2. The smallest absolute Gasteiger partial charge is 0.296 e. The molecule has 0 unspecified atom stereocenters. The van der Waals surface area contributed by atoms with Gasteiger partial charge in [-0.25, -0.2) is 5.43 Å². The second kappa shape index (κ2) is 2.28. The summed E-state index contributed by atoms with van der Waals surface area (Å²) < 4.78 is 0. The summed E-state index contributed by atoms with van der Waals surface area (Å²) in [6.07, 6.45) is 0. The maximum Gasteiger partial charge on any atom is 0.379 e. The van der Waals surface area contributed by atoms with Crippen molar-refractivity contribution in [3.63, 3.8) is 0 Å². The van der Waals surface area contributed by atoms with Crippen LogP contribution >= 0.6 is 0 Å². The zero-order valence-corrected chi connectivity index (χ0v) is 3.23. The van der Waals surface area contributed by atoms with Crippen LogP contribution in [-0.2, 0) is 0 Å². The van der Waals surface area contributed by atoms with Gasteiger partial charge in [0.15, 0.2) is 0 Å². The lowest BCUT2D eigenvalue weighted by atomic mass is 11.1. The molecule has 0 aliphatic heterocycles. The number of hydrazine groups is 2. The second-order valence-electron chi connectivity index (χ2n) is 0.702. The first-order valence-electron chi connectivity index (χ1n) is 1.37. The summed E-state index contributed by atoms with van der Waals surface area (Å²) in [5, 5.41) is 2.07. The predicted octanol–water partition coefficient (Wildman–Crippen LogP) is -4.28. The Labute approximate surface area is 35.1 Å². The van der Waals surface area contributed by atoms with Crippen molar-refractivity contribution in [3.8, 4) is 0 Å². The van der Waals surface area contributed by atoms with Crippen LogP contribution in [0.4, 0.5) is 0 Å². The Morgan fingerprint density at radius 1 is 1.67 bits per heavy atom. The molecular weight excluding hydrogens is 82.0 g/mol. The van der Waals surface area contributed by atoms with Gasteiger partial charge in [0.25, 0.3) is 0 Å². The number of hydrogen-bond donors (Lipinski definition) is 5. The number of guanidine groups is 1. The summed E-state index contributed by atoms with van der Waals surface area (Å²) in [5.74, 6) is 9.60. The molecule has 0 aromatic carbocycles. The molecule has 0 aliphatic carbocycles. The summed E-state index contributed by atoms with van der Waals surface area (Å²) in [6, 6.07) is 0. The van der Waals surface area contributed by atoms with Crippen LogP contribution in [0.2, 0.25) is 0 Å². The molecule has 8 N–H and O–H groups in total. The summed E-state index contributed by atoms with van der Waals surface area (Å²) in [4.78, 5) is 0. The molecule has 0 amide bonds. The van der Waals surface area contributed by atoms with Gasteiger partial charge < -0.3 is 0 Å². The summed E-state index contributed by atoms with van der Waals surface area (Å²) in [7, 11) is 0. The monoisotopic (exact) mass is 90.1 g/mol. The van der Waals surface area contributed by atoms with Crippen molar-refractivity contribution in [3.05, 3.63) is 0 Å². The Kier molecular flexibility index (Phi) is 1.91. The first kappa shape index (κ1) is 5.03. The van der Waals surface area contributed by atoms with Crippen molar-refractivity contribution in [1.82, 2.24) is 5.43 Å². The second-order valence-corrected chi connectivity index (χ2v) is 0.702. The molecule has 0 spiro atoms. The summed E-state index contributed by atoms with van der Waals surface area (Å²) in [6.45, 7) is 0. The van der Waals surface area contributed by atoms with E-state index in [0.29, 0.717) is 0 Å². The molecule has 6 heavy (non-hydrogen) atoms. The van der Waals surface area contributed by atoms with Crippen molar-refractivity contribution >= 4 is 5.96 Å². The number of hydrogen-bond acceptors (Lipinski definition) is 2. The topological polar surface area (TPSA) is 104 Å². The molecule has 0 rings (SSSR count). The van der Waals surface area contributed by atoms with E-state index < -0.39 is 0 Å². The van der Waals surface area contributed by atoms with E-state index in [2.05, 4.69) is 10.5 Å². The van der Waals surface area contributed by atoms with Crippen LogP contribution in [0.1, 0.15) is 0 Å². The van der Waals surface area contributed by atoms with Crippen molar-refractivity contribution in [2.24, 2.45) is 17.4 Å². The fraction of sp³-hybridized carbons (Fsp3) is 0. The zero-order chi connectivity index (χ0) is 4.99. The van der Waals surface area contributed by atoms with Gasteiger partial charge in [-0.05, 0) is 0 Å². The van der Waals surface area contributed by atoms with Gasteiger partial charge in [-0.1, -0.05) is 0 Å². The molecule has 5 heteroatoms. The van der Waals surface area contributed by atoms with E-state index >= 15 is 0 Å². The fourth-order valence-corrected chi connectivity index (χ4v) is 0.0417. The molecule has 0 radical (unpaired) electrons. The third-order valence-electron chi connectivity index (χ3n) is 0.311. The third-order valence-corrected chi connectivity index (χ3v) is 0.311. The SMILES string of the molecule is NN/C(N)=[NH+]\N. The Bertz CT molecular complexity index is 55.0. The molecule has 0 aliphatic rings. The first-order valence-corrected chi connectivity index (χ1v) is 1.37. The average molecular weight is 90.1 g/mol. The summed E-state index contributed by atoms with van der Waals surface area (Å²) >= 11 is 0. The molecule has 5 nitrogen and oxygen atoms in total. The van der Waals surface area contributed by atoms with Crippen LogP contribution in [0.3, 0.4) is 0 Å². The minimum absolute atomic E-state index is 0.148. The molecular formula is CH8N5+. The molecule has 0 bridgehead atoms. The Morgan fingerprint density at radius 3 is 2.17 bits per heavy atom. The van der Waals surface area contributed by atoms with Gasteiger partial charge in [-0.3, -0.25) is 11.6 Å². The minimum atomic E-state index is 0.148. The van der Waals surface area contributed by atoms with Crippen molar-refractivity contribution in [2.45, 2.75) is 0 Å². The van der Waals surface area contributed by atoms with E-state index in [4.69, 9.17) is 17.4 Å². The molecule has 0 saturated heterocycles. The van der Waals surface area contributed by atoms with Gasteiger partial charge in [0.1, 0.15) is 0 Å². The Morgan fingerprint density at radius 2 is 2.17 bits per heavy atom. The number of hydrazone groups is 1. The highest BCUT2D eigenvalue weighted by Crippen LogP contribution is 1.12. The standard InChI is InChI=1S/CH7N5/c2-1(5-3)6-4/h3-4H2,(H3,2,5,6)/p+1. The van der Waals surface area contributed by atoms with Crippen LogP contribution in [0.15, 0.2) is 0 Å². The number of rotatable bonds is 0. The summed E-state index contributed by atoms with van der Waals surface area (Å²) in [5.41, 5.74) is 6.99. The Balaban J connectivity index is 3.22. The molecule has 0 aromatic rings. The third kappa shape index (κ3) is 1.36. The van der Waals surface area contributed by atoms with E-state index in [9.17, 15) is 0 Å². The van der Waals surface area contributed by atoms with Gasteiger partial charge in [0.2, 0.25) is 0 Å². The zero-order valence-electron chi connectivity index (χ0n) is 3.23. The Hall–Kier alpha value is -0.970. The van der Waals surface area contributed by atoms with Crippen molar-refractivity contribution < 1.29 is 5.10 Å². The molecule has 0 saturated carbocycles. The van der Waals surface area contributed by atoms with Gasteiger partial charge in [-0.15, -0.1) is 0 Å². The van der Waals surface area contributed by atoms with Gasteiger partial charge in [0.05, 0.1) is 0 Å². The molecule has 0 aromatic heterocycles. The quantitative estimate of drug-likeness (QED) is 0.0898. The van der Waals surface area contributed by atoms with Crippen LogP contribution in [-0.4, -0.2) is 5.96 Å². The van der Waals surface area contributed by atoms with Crippen LogP contribution in [0.5, 0.6) is 0 Å². The van der Waals surface area contributed by atoms with E-state index in [1.165, 1.54) is 0 Å². The van der Waals surface area contributed by atoms with Crippen LogP contribution < -0.4 is 27.9 Å². The molecule has 0 atom stereocenters. The maximum atomic E-state index is 4.92. The highest BCUT2D eigenvalue weighted by molar-refractivity contribution is 5.70. The van der Waals surface area contributed by atoms with Crippen molar-refractivity contribution in [1.29, 1.82) is 0 Å². The maximum absolute atomic E-state index is 4.92. The average Bonchev–Trinajstić information content (AvgIpc) is 1.65. The lowest BCUT2D eigenvalue weighted by Crippen LogP contribution is -2.85. The van der Waals surface area contributed by atoms with Gasteiger partial charge >= 0.3 is 5.96 Å². The van der Waals surface area contributed by atoms with E-state index in [-0.39, 0.29) is 5.96 Å². The largest absolute Gasteiger partial charge is 0.379 e. The van der Waals surface area contributed by atoms with Crippen LogP contribution in [0, 0.1) is 0 Å². The minimum Gasteiger partial charge on any atom is -0.296 e. The van der Waals surface area contributed by atoms with Crippen LogP contribution in [0.25, 0.3) is 0 Å².